The Balaban J connectivity index is 1.14. The van der Waals surface area contributed by atoms with Gasteiger partial charge in [-0.1, -0.05) is 55.4 Å². The molecule has 20 heteroatoms. The normalized spacial score (nSPS) is 17.6. The van der Waals surface area contributed by atoms with Gasteiger partial charge in [0.15, 0.2) is 5.58 Å². The molecule has 0 spiro atoms. The number of hydrogen-bond acceptors (Lipinski definition) is 15. The highest BCUT2D eigenvalue weighted by Gasteiger charge is 2.46. The average Bonchev–Trinajstić information content (AvgIpc) is 3.70. The molecule has 3 aromatic carbocycles. The molecule has 1 aliphatic rings. The van der Waals surface area contributed by atoms with E-state index in [1.807, 2.05) is 0 Å². The van der Waals surface area contributed by atoms with Gasteiger partial charge in [-0.3, -0.25) is 37.1 Å². The Morgan fingerprint density at radius 1 is 0.860 bits per heavy atom. The Morgan fingerprint density at radius 2 is 1.44 bits per heavy atom. The summed E-state index contributed by atoms with van der Waals surface area (Å²) in [4.78, 5) is 59.8. The fourth-order valence-corrected chi connectivity index (χ4v) is 8.46. The monoisotopic (exact) mass is 827 g/mol. The minimum absolute atomic E-state index is 0.160. The van der Waals surface area contributed by atoms with Crippen LogP contribution in [0.15, 0.2) is 99.2 Å². The van der Waals surface area contributed by atoms with Gasteiger partial charge in [0.2, 0.25) is 0 Å². The van der Waals surface area contributed by atoms with Gasteiger partial charge in [0.05, 0.1) is 32.5 Å². The molecule has 302 valence electrons. The Kier molecular flexibility index (Phi) is 12.6. The van der Waals surface area contributed by atoms with Crippen LogP contribution in [0, 0.1) is 5.41 Å². The van der Waals surface area contributed by atoms with Gasteiger partial charge in [-0.25, -0.2) is 13.9 Å². The van der Waals surface area contributed by atoms with Crippen LogP contribution in [0.25, 0.3) is 11.0 Å². The van der Waals surface area contributed by atoms with Gasteiger partial charge in [-0.05, 0) is 52.9 Å². The molecule has 3 atom stereocenters. The maximum absolute atomic E-state index is 13.9. The van der Waals surface area contributed by atoms with E-state index in [9.17, 15) is 33.2 Å². The van der Waals surface area contributed by atoms with Gasteiger partial charge in [0, 0.05) is 37.9 Å². The first-order valence-electron chi connectivity index (χ1n) is 17.4. The average molecular weight is 828 g/mol. The molecule has 18 nitrogen and oxygen atoms in total. The topological polar surface area (TPSA) is 223 Å². The van der Waals surface area contributed by atoms with Crippen molar-refractivity contribution in [3.63, 3.8) is 0 Å². The molecule has 1 fully saturated rings. The fraction of sp³-hybridized carbons (Fsp3) is 0.324. The molecule has 1 N–H and O–H groups in total. The molecular weight excluding hydrogens is 788 g/mol. The van der Waals surface area contributed by atoms with Gasteiger partial charge in [-0.2, -0.15) is 4.31 Å². The number of ether oxygens (including phenoxy) is 3. The van der Waals surface area contributed by atoms with Gasteiger partial charge in [0.1, 0.15) is 23.4 Å². The molecule has 1 unspecified atom stereocenters. The molecule has 5 aromatic rings. The summed E-state index contributed by atoms with van der Waals surface area (Å²) in [6.07, 6.45) is -0.255. The Morgan fingerprint density at radius 3 is 2.02 bits per heavy atom. The van der Waals surface area contributed by atoms with Crippen LogP contribution in [0.1, 0.15) is 57.2 Å². The molecule has 0 bridgehead atoms. The van der Waals surface area contributed by atoms with E-state index in [0.29, 0.717) is 27.8 Å². The Labute approximate surface area is 325 Å². The van der Waals surface area contributed by atoms with Crippen LogP contribution in [-0.2, 0) is 61.1 Å². The standard InChI is InChI=1S/C37H39N3O15P2/c1-24(41)51-28-13-9-26(10-14-28)21-49-57(47,50-22-27-11-15-29(16-12-27)52-25(2)42)55-56(45,46)48-23-33-37(3,4)19-35(53-33)39-18-17-34(43)40(36(39)44)20-31-30-7-5-6-8-32(30)54-38-31/h5-18,33,35H,19-23H2,1-4H3,(H,45,46)/t33-,35-/m1/s1. The molecule has 0 amide bonds. The number of esters is 2. The van der Waals surface area contributed by atoms with Gasteiger partial charge in [0.25, 0.3) is 5.56 Å². The van der Waals surface area contributed by atoms with Crippen LogP contribution in [0.5, 0.6) is 11.5 Å². The number of carbonyl (C=O) groups is 2. The Bertz CT molecular complexity index is 2390. The molecule has 3 heterocycles. The predicted octanol–water partition coefficient (Wildman–Crippen LogP) is 6.04. The SMILES string of the molecule is CC(=O)Oc1ccc(COP(=O)(OCc2ccc(OC(C)=O)cc2)OP(=O)(O)OC[C@H]2O[C@@H](n3ccc(=O)n(Cc4noc5ccccc45)c3=O)CC2(C)C)cc1. The van der Waals surface area contributed by atoms with Crippen molar-refractivity contribution in [2.45, 2.75) is 66.2 Å². The lowest BCUT2D eigenvalue weighted by Crippen LogP contribution is -2.40. The highest BCUT2D eigenvalue weighted by atomic mass is 31.3. The van der Waals surface area contributed by atoms with E-state index in [1.165, 1.54) is 79.2 Å². The van der Waals surface area contributed by atoms with E-state index in [0.717, 1.165) is 4.57 Å². The van der Waals surface area contributed by atoms with E-state index < -0.39 is 76.4 Å². The number of rotatable bonds is 16. The highest BCUT2D eigenvalue weighted by molar-refractivity contribution is 7.61. The minimum Gasteiger partial charge on any atom is -0.427 e. The third-order valence-electron chi connectivity index (χ3n) is 8.80. The third-order valence-corrected chi connectivity index (χ3v) is 11.8. The number of aromatic nitrogens is 3. The largest absolute Gasteiger partial charge is 0.484 e. The first-order chi connectivity index (χ1) is 27.0. The quantitative estimate of drug-likeness (QED) is 0.0680. The van der Waals surface area contributed by atoms with E-state index in [1.54, 1.807) is 38.1 Å². The first kappa shape index (κ1) is 41.6. The molecule has 57 heavy (non-hydrogen) atoms. The van der Waals surface area contributed by atoms with Gasteiger partial charge >= 0.3 is 33.3 Å². The summed E-state index contributed by atoms with van der Waals surface area (Å²) in [5.41, 5.74) is -0.266. The van der Waals surface area contributed by atoms with Crippen LogP contribution in [0.3, 0.4) is 0 Å². The van der Waals surface area contributed by atoms with Crippen LogP contribution in [0.4, 0.5) is 0 Å². The molecule has 6 rings (SSSR count). The zero-order chi connectivity index (χ0) is 41.0. The fourth-order valence-electron chi connectivity index (χ4n) is 5.87. The predicted molar refractivity (Wildman–Crippen MR) is 200 cm³/mol. The van der Waals surface area contributed by atoms with Crippen molar-refractivity contribution in [3.8, 4) is 11.5 Å². The van der Waals surface area contributed by atoms with E-state index >= 15 is 0 Å². The number of benzene rings is 3. The van der Waals surface area contributed by atoms with Crippen molar-refractivity contribution in [2.75, 3.05) is 6.61 Å². The highest BCUT2D eigenvalue weighted by Crippen LogP contribution is 2.64. The second-order valence-corrected chi connectivity index (χ2v) is 16.9. The molecule has 2 aromatic heterocycles. The summed E-state index contributed by atoms with van der Waals surface area (Å²) < 4.78 is 72.4. The van der Waals surface area contributed by atoms with Crippen molar-refractivity contribution in [3.05, 3.63) is 123 Å². The lowest BCUT2D eigenvalue weighted by molar-refractivity contribution is -0.132. The number of para-hydroxylation sites is 1. The molecule has 1 saturated heterocycles. The second-order valence-electron chi connectivity index (χ2n) is 13.6. The van der Waals surface area contributed by atoms with Crippen LogP contribution < -0.4 is 20.7 Å². The second kappa shape index (κ2) is 17.2. The third kappa shape index (κ3) is 10.7. The van der Waals surface area contributed by atoms with E-state index in [4.69, 9.17) is 36.6 Å². The first-order valence-corrected chi connectivity index (χ1v) is 20.4. The summed E-state index contributed by atoms with van der Waals surface area (Å²) in [6.45, 7) is 4.52. The van der Waals surface area contributed by atoms with Crippen LogP contribution in [0.2, 0.25) is 0 Å². The van der Waals surface area contributed by atoms with Gasteiger partial charge in [-0.15, -0.1) is 0 Å². The molecule has 0 aliphatic carbocycles. The number of fused-ring (bicyclic) bond motifs is 1. The lowest BCUT2D eigenvalue weighted by atomic mass is 9.85. The molecule has 0 saturated carbocycles. The zero-order valence-corrected chi connectivity index (χ0v) is 33.0. The number of phosphoric acid groups is 2. The maximum atomic E-state index is 13.9. The number of phosphoric ester groups is 2. The van der Waals surface area contributed by atoms with Crippen molar-refractivity contribution >= 4 is 38.6 Å². The van der Waals surface area contributed by atoms with Crippen molar-refractivity contribution in [1.29, 1.82) is 0 Å². The molecule has 0 radical (unpaired) electrons. The van der Waals surface area contributed by atoms with E-state index in [2.05, 4.69) is 5.16 Å². The maximum Gasteiger partial charge on any atom is 0.484 e. The van der Waals surface area contributed by atoms with Crippen molar-refractivity contribution in [2.24, 2.45) is 5.41 Å². The lowest BCUT2D eigenvalue weighted by Gasteiger charge is -2.26. The Hall–Kier alpha value is -5.03. The summed E-state index contributed by atoms with van der Waals surface area (Å²) in [6, 6.07) is 20.2. The molecule has 1 aliphatic heterocycles. The summed E-state index contributed by atoms with van der Waals surface area (Å²) in [7, 11) is -10.1. The van der Waals surface area contributed by atoms with Gasteiger partial charge < -0.3 is 23.6 Å². The van der Waals surface area contributed by atoms with Crippen molar-refractivity contribution in [1.82, 2.24) is 14.3 Å². The minimum atomic E-state index is -5.22. The van der Waals surface area contributed by atoms with Crippen LogP contribution >= 0.6 is 15.6 Å². The van der Waals surface area contributed by atoms with Crippen LogP contribution in [-0.4, -0.2) is 43.8 Å². The van der Waals surface area contributed by atoms with E-state index in [-0.39, 0.29) is 24.5 Å². The summed E-state index contributed by atoms with van der Waals surface area (Å²) >= 11 is 0. The summed E-state index contributed by atoms with van der Waals surface area (Å²) in [5.74, 6) is -0.559. The smallest absolute Gasteiger partial charge is 0.427 e. The number of nitrogens with zero attached hydrogens (tertiary/aromatic N) is 3. The molecular formula is C37H39N3O15P2. The summed E-state index contributed by atoms with van der Waals surface area (Å²) in [5, 5.41) is 4.67. The van der Waals surface area contributed by atoms with Crippen molar-refractivity contribution < 1.29 is 60.2 Å². The number of carbonyl (C=O) groups excluding carboxylic acids is 2. The number of hydrogen-bond donors (Lipinski definition) is 1. The zero-order valence-electron chi connectivity index (χ0n) is 31.2.